The van der Waals surface area contributed by atoms with Crippen LogP contribution in [0.5, 0.6) is 0 Å². The maximum absolute atomic E-state index is 11.2. The Bertz CT molecular complexity index is 515. The molecular weight excluding hydrogens is 284 g/mol. The molecule has 0 atom stereocenters. The average Bonchev–Trinajstić information content (AvgIpc) is 2.51. The average molecular weight is 313 g/mol. The number of aryl methyl sites for hydroxylation is 2. The smallest absolute Gasteiger partial charge is 0.0850 e. The van der Waals surface area contributed by atoms with E-state index in [0.29, 0.717) is 6.42 Å². The van der Waals surface area contributed by atoms with Gasteiger partial charge in [-0.1, -0.05) is 46.2 Å². The summed E-state index contributed by atoms with van der Waals surface area (Å²) in [6.07, 6.45) is 4.17. The molecule has 0 spiro atoms. The summed E-state index contributed by atoms with van der Waals surface area (Å²) in [5.74, 6) is 0. The molecule has 0 aromatic carbocycles. The van der Waals surface area contributed by atoms with Crippen molar-refractivity contribution < 1.29 is 5.11 Å². The van der Waals surface area contributed by atoms with Crippen molar-refractivity contribution in [1.29, 1.82) is 0 Å². The number of halogens is 1. The molecule has 0 aliphatic heterocycles. The van der Waals surface area contributed by atoms with Gasteiger partial charge in [-0.3, -0.25) is 4.68 Å². The van der Waals surface area contributed by atoms with E-state index in [9.17, 15) is 5.11 Å². The van der Waals surface area contributed by atoms with Gasteiger partial charge in [0.15, 0.2) is 0 Å². The fraction of sp³-hybridized carbons (Fsp3) is 0.824. The Morgan fingerprint density at radius 3 is 2.10 bits per heavy atom. The van der Waals surface area contributed by atoms with E-state index in [1.54, 1.807) is 0 Å². The first-order valence-electron chi connectivity index (χ1n) is 7.90. The van der Waals surface area contributed by atoms with E-state index in [2.05, 4.69) is 39.7 Å². The van der Waals surface area contributed by atoms with Crippen molar-refractivity contribution in [3.05, 3.63) is 16.4 Å². The second-order valence-corrected chi connectivity index (χ2v) is 8.82. The fourth-order valence-electron chi connectivity index (χ4n) is 4.71. The zero-order valence-corrected chi connectivity index (χ0v) is 15.0. The number of aromatic nitrogens is 2. The van der Waals surface area contributed by atoms with Crippen LogP contribution in [0.4, 0.5) is 0 Å². The summed E-state index contributed by atoms with van der Waals surface area (Å²) in [6, 6.07) is 0. The third-order valence-corrected chi connectivity index (χ3v) is 5.01. The van der Waals surface area contributed by atoms with Crippen LogP contribution in [0.3, 0.4) is 0 Å². The van der Waals surface area contributed by atoms with Crippen LogP contribution in [0.1, 0.15) is 65.3 Å². The Labute approximate surface area is 133 Å². The van der Waals surface area contributed by atoms with Crippen molar-refractivity contribution in [2.24, 2.45) is 17.9 Å². The van der Waals surface area contributed by atoms with Gasteiger partial charge in [0.2, 0.25) is 0 Å². The predicted octanol–water partition coefficient (Wildman–Crippen LogP) is 4.15. The monoisotopic (exact) mass is 312 g/mol. The van der Waals surface area contributed by atoms with Crippen molar-refractivity contribution in [1.82, 2.24) is 9.78 Å². The molecule has 0 saturated heterocycles. The SMILES string of the molecule is CCc1nn(C)c(CC2(O)CC(C)(C)CC(C)(C)C2)c1Cl. The Balaban J connectivity index is 2.31. The van der Waals surface area contributed by atoms with Crippen LogP contribution in [0.15, 0.2) is 0 Å². The van der Waals surface area contributed by atoms with E-state index in [-0.39, 0.29) is 10.8 Å². The van der Waals surface area contributed by atoms with Crippen LogP contribution in [-0.2, 0) is 19.9 Å². The Hall–Kier alpha value is -0.540. The molecule has 4 heteroatoms. The second kappa shape index (κ2) is 5.27. The molecule has 0 unspecified atom stereocenters. The second-order valence-electron chi connectivity index (χ2n) is 8.44. The molecule has 120 valence electrons. The molecule has 1 heterocycles. The lowest BCUT2D eigenvalue weighted by Crippen LogP contribution is -2.47. The van der Waals surface area contributed by atoms with Gasteiger partial charge in [0.05, 0.1) is 22.0 Å². The maximum Gasteiger partial charge on any atom is 0.0850 e. The first-order chi connectivity index (χ1) is 9.47. The number of aliphatic hydroxyl groups is 1. The first-order valence-corrected chi connectivity index (χ1v) is 8.27. The molecule has 1 saturated carbocycles. The molecule has 1 N–H and O–H groups in total. The minimum absolute atomic E-state index is 0.148. The van der Waals surface area contributed by atoms with Crippen LogP contribution in [0, 0.1) is 10.8 Å². The number of hydrogen-bond acceptors (Lipinski definition) is 2. The van der Waals surface area contributed by atoms with Gasteiger partial charge in [-0.2, -0.15) is 5.10 Å². The van der Waals surface area contributed by atoms with Crippen molar-refractivity contribution in [2.45, 2.75) is 72.3 Å². The lowest BCUT2D eigenvalue weighted by atomic mass is 9.59. The van der Waals surface area contributed by atoms with E-state index < -0.39 is 5.60 Å². The van der Waals surface area contributed by atoms with E-state index in [1.165, 1.54) is 0 Å². The summed E-state index contributed by atoms with van der Waals surface area (Å²) >= 11 is 6.46. The molecule has 1 fully saturated rings. The van der Waals surface area contributed by atoms with Crippen LogP contribution in [0.2, 0.25) is 5.02 Å². The molecule has 1 aliphatic rings. The summed E-state index contributed by atoms with van der Waals surface area (Å²) in [5, 5.41) is 16.4. The van der Waals surface area contributed by atoms with Gasteiger partial charge in [0, 0.05) is 13.5 Å². The van der Waals surface area contributed by atoms with Crippen LogP contribution >= 0.6 is 11.6 Å². The number of rotatable bonds is 3. The Morgan fingerprint density at radius 2 is 1.67 bits per heavy atom. The van der Waals surface area contributed by atoms with Gasteiger partial charge >= 0.3 is 0 Å². The molecule has 1 aliphatic carbocycles. The van der Waals surface area contributed by atoms with E-state index in [0.717, 1.165) is 42.1 Å². The van der Waals surface area contributed by atoms with Gasteiger partial charge in [-0.15, -0.1) is 0 Å². The molecule has 0 bridgehead atoms. The molecule has 0 radical (unpaired) electrons. The summed E-state index contributed by atoms with van der Waals surface area (Å²) < 4.78 is 1.84. The highest BCUT2D eigenvalue weighted by molar-refractivity contribution is 6.31. The standard InChI is InChI=1S/C17H29ClN2O/c1-7-12-14(18)13(20(6)19-12)8-17(21)10-15(2,3)9-16(4,5)11-17/h21H,7-11H2,1-6H3. The Kier molecular flexibility index (Phi) is 4.23. The van der Waals surface area contributed by atoms with Crippen molar-refractivity contribution in [3.8, 4) is 0 Å². The van der Waals surface area contributed by atoms with Crippen molar-refractivity contribution in [3.63, 3.8) is 0 Å². The van der Waals surface area contributed by atoms with Crippen molar-refractivity contribution in [2.75, 3.05) is 0 Å². The first kappa shape index (κ1) is 16.8. The predicted molar refractivity (Wildman–Crippen MR) is 87.7 cm³/mol. The molecular formula is C17H29ClN2O. The summed E-state index contributed by atoms with van der Waals surface area (Å²) in [6.45, 7) is 11.1. The third-order valence-electron chi connectivity index (χ3n) is 4.57. The highest BCUT2D eigenvalue weighted by atomic mass is 35.5. The zero-order chi connectivity index (χ0) is 16.1. The molecule has 2 rings (SSSR count). The Morgan fingerprint density at radius 1 is 1.14 bits per heavy atom. The van der Waals surface area contributed by atoms with E-state index in [1.807, 2.05) is 11.7 Å². The largest absolute Gasteiger partial charge is 0.389 e. The number of nitrogens with zero attached hydrogens (tertiary/aromatic N) is 2. The fourth-order valence-corrected chi connectivity index (χ4v) is 5.07. The van der Waals surface area contributed by atoms with Gasteiger partial charge in [-0.05, 0) is 36.5 Å². The lowest BCUT2D eigenvalue weighted by Gasteiger charge is -2.49. The minimum atomic E-state index is -0.701. The molecule has 21 heavy (non-hydrogen) atoms. The molecule has 3 nitrogen and oxygen atoms in total. The van der Waals surface area contributed by atoms with E-state index >= 15 is 0 Å². The van der Waals surface area contributed by atoms with Gasteiger partial charge in [0.25, 0.3) is 0 Å². The van der Waals surface area contributed by atoms with Crippen molar-refractivity contribution >= 4 is 11.6 Å². The van der Waals surface area contributed by atoms with Crippen LogP contribution in [0.25, 0.3) is 0 Å². The molecule has 1 aromatic heterocycles. The van der Waals surface area contributed by atoms with Gasteiger partial charge < -0.3 is 5.11 Å². The van der Waals surface area contributed by atoms with Gasteiger partial charge in [0.1, 0.15) is 0 Å². The highest BCUT2D eigenvalue weighted by Crippen LogP contribution is 2.51. The topological polar surface area (TPSA) is 38.0 Å². The lowest BCUT2D eigenvalue weighted by molar-refractivity contribution is -0.0859. The quantitative estimate of drug-likeness (QED) is 0.910. The number of hydrogen-bond donors (Lipinski definition) is 1. The summed E-state index contributed by atoms with van der Waals surface area (Å²) in [5.41, 5.74) is 1.48. The van der Waals surface area contributed by atoms with Gasteiger partial charge in [-0.25, -0.2) is 0 Å². The third kappa shape index (κ3) is 3.62. The summed E-state index contributed by atoms with van der Waals surface area (Å²) in [4.78, 5) is 0. The zero-order valence-electron chi connectivity index (χ0n) is 14.3. The van der Waals surface area contributed by atoms with Crippen LogP contribution in [-0.4, -0.2) is 20.5 Å². The van der Waals surface area contributed by atoms with E-state index in [4.69, 9.17) is 11.6 Å². The summed E-state index contributed by atoms with van der Waals surface area (Å²) in [7, 11) is 1.92. The highest BCUT2D eigenvalue weighted by Gasteiger charge is 2.47. The van der Waals surface area contributed by atoms with Crippen LogP contribution < -0.4 is 0 Å². The molecule has 0 amide bonds. The molecule has 1 aromatic rings. The normalized spacial score (nSPS) is 23.2. The minimum Gasteiger partial charge on any atom is -0.389 e. The maximum atomic E-state index is 11.2.